The summed E-state index contributed by atoms with van der Waals surface area (Å²) in [6.07, 6.45) is -4.88. The van der Waals surface area contributed by atoms with Crippen molar-refractivity contribution >= 4 is 17.6 Å². The standard InChI is InChI=1S/C20H16F3N7O2/c1-11-6-5-7-12(10-11)30(2)19-27-15(26-18(24)28-19)16-25-17(32-29-16)13-8-3-4-9-14(13)31-20(21,22)23/h3-10H,1-2H3,(H2,24,26,27,28). The van der Waals surface area contributed by atoms with E-state index < -0.39 is 12.1 Å². The lowest BCUT2D eigenvalue weighted by Gasteiger charge is -2.17. The van der Waals surface area contributed by atoms with Crippen LogP contribution in [-0.2, 0) is 0 Å². The summed E-state index contributed by atoms with van der Waals surface area (Å²) in [5.41, 5.74) is 7.65. The summed E-state index contributed by atoms with van der Waals surface area (Å²) < 4.78 is 47.3. The molecule has 0 bridgehead atoms. The number of ether oxygens (including phenoxy) is 1. The van der Waals surface area contributed by atoms with Crippen molar-refractivity contribution in [1.82, 2.24) is 25.1 Å². The second kappa shape index (κ2) is 8.13. The van der Waals surface area contributed by atoms with Gasteiger partial charge in [-0.25, -0.2) is 0 Å². The quantitative estimate of drug-likeness (QED) is 0.486. The molecule has 2 aromatic carbocycles. The lowest BCUT2D eigenvalue weighted by Crippen LogP contribution is -2.17. The molecule has 0 atom stereocenters. The van der Waals surface area contributed by atoms with Crippen LogP contribution in [0, 0.1) is 6.92 Å². The summed E-state index contributed by atoms with van der Waals surface area (Å²) in [6, 6.07) is 13.0. The molecule has 0 unspecified atom stereocenters. The first kappa shape index (κ1) is 21.0. The number of halogens is 3. The fourth-order valence-electron chi connectivity index (χ4n) is 2.86. The van der Waals surface area contributed by atoms with Gasteiger partial charge in [0.15, 0.2) is 0 Å². The fraction of sp³-hybridized carbons (Fsp3) is 0.150. The summed E-state index contributed by atoms with van der Waals surface area (Å²) in [5, 5.41) is 3.78. The number of rotatable bonds is 5. The van der Waals surface area contributed by atoms with Crippen LogP contribution < -0.4 is 15.4 Å². The molecule has 2 N–H and O–H groups in total. The number of hydrogen-bond donors (Lipinski definition) is 1. The molecule has 0 aliphatic carbocycles. The zero-order valence-electron chi connectivity index (χ0n) is 16.8. The third-order valence-corrected chi connectivity index (χ3v) is 4.30. The highest BCUT2D eigenvalue weighted by Gasteiger charge is 2.33. The van der Waals surface area contributed by atoms with Gasteiger partial charge < -0.3 is 19.9 Å². The van der Waals surface area contributed by atoms with Gasteiger partial charge in [-0.2, -0.15) is 19.9 Å². The second-order valence-electron chi connectivity index (χ2n) is 6.68. The van der Waals surface area contributed by atoms with Crippen LogP contribution in [0.15, 0.2) is 53.1 Å². The van der Waals surface area contributed by atoms with Gasteiger partial charge in [-0.15, -0.1) is 13.2 Å². The van der Waals surface area contributed by atoms with Crippen LogP contribution in [0.2, 0.25) is 0 Å². The Bertz CT molecular complexity index is 1260. The van der Waals surface area contributed by atoms with Crippen molar-refractivity contribution in [3.63, 3.8) is 0 Å². The van der Waals surface area contributed by atoms with Crippen molar-refractivity contribution < 1.29 is 22.4 Å². The van der Waals surface area contributed by atoms with Gasteiger partial charge >= 0.3 is 6.36 Å². The lowest BCUT2D eigenvalue weighted by atomic mass is 10.2. The Balaban J connectivity index is 1.69. The lowest BCUT2D eigenvalue weighted by molar-refractivity contribution is -0.274. The highest BCUT2D eigenvalue weighted by molar-refractivity contribution is 5.65. The van der Waals surface area contributed by atoms with Gasteiger partial charge in [-0.1, -0.05) is 29.4 Å². The number of benzene rings is 2. The monoisotopic (exact) mass is 443 g/mol. The van der Waals surface area contributed by atoms with Crippen molar-refractivity contribution in [2.24, 2.45) is 0 Å². The number of nitrogens with zero attached hydrogens (tertiary/aromatic N) is 6. The Hall–Kier alpha value is -4.22. The Morgan fingerprint density at radius 3 is 2.50 bits per heavy atom. The van der Waals surface area contributed by atoms with Gasteiger partial charge in [0.2, 0.25) is 23.5 Å². The van der Waals surface area contributed by atoms with Gasteiger partial charge in [0.1, 0.15) is 5.75 Å². The Morgan fingerprint density at radius 2 is 1.75 bits per heavy atom. The van der Waals surface area contributed by atoms with E-state index >= 15 is 0 Å². The van der Waals surface area contributed by atoms with Crippen molar-refractivity contribution in [3.8, 4) is 28.9 Å². The summed E-state index contributed by atoms with van der Waals surface area (Å²) in [5.74, 6) is -0.620. The normalized spacial score (nSPS) is 11.4. The Labute approximate surface area is 179 Å². The van der Waals surface area contributed by atoms with Crippen LogP contribution >= 0.6 is 0 Å². The van der Waals surface area contributed by atoms with Gasteiger partial charge in [-0.3, -0.25) is 0 Å². The summed E-state index contributed by atoms with van der Waals surface area (Å²) in [6.45, 7) is 1.95. The molecule has 0 aliphatic heterocycles. The number of alkyl halides is 3. The molecule has 4 aromatic rings. The molecule has 0 amide bonds. The molecule has 12 heteroatoms. The predicted octanol–water partition coefficient (Wildman–Crippen LogP) is 4.15. The maximum absolute atomic E-state index is 12.7. The third-order valence-electron chi connectivity index (χ3n) is 4.30. The van der Waals surface area contributed by atoms with Crippen LogP contribution in [0.3, 0.4) is 0 Å². The number of nitrogen functional groups attached to an aromatic ring is 1. The molecule has 0 saturated carbocycles. The molecule has 0 fully saturated rings. The molecule has 32 heavy (non-hydrogen) atoms. The summed E-state index contributed by atoms with van der Waals surface area (Å²) in [4.78, 5) is 18.3. The van der Waals surface area contributed by atoms with Crippen LogP contribution in [0.4, 0.5) is 30.8 Å². The van der Waals surface area contributed by atoms with E-state index in [4.69, 9.17) is 10.3 Å². The van der Waals surface area contributed by atoms with E-state index in [9.17, 15) is 13.2 Å². The maximum atomic E-state index is 12.7. The molecule has 4 rings (SSSR count). The smallest absolute Gasteiger partial charge is 0.405 e. The van der Waals surface area contributed by atoms with Crippen LogP contribution in [0.5, 0.6) is 5.75 Å². The second-order valence-corrected chi connectivity index (χ2v) is 6.68. The van der Waals surface area contributed by atoms with E-state index in [0.717, 1.165) is 17.3 Å². The SMILES string of the molecule is Cc1cccc(N(C)c2nc(N)nc(-c3noc(-c4ccccc4OC(F)(F)F)n3)n2)c1. The van der Waals surface area contributed by atoms with Crippen molar-refractivity contribution in [2.75, 3.05) is 17.7 Å². The number of anilines is 3. The summed E-state index contributed by atoms with van der Waals surface area (Å²) in [7, 11) is 1.75. The predicted molar refractivity (Wildman–Crippen MR) is 109 cm³/mol. The number of para-hydroxylation sites is 1. The minimum atomic E-state index is -4.88. The number of aryl methyl sites for hydroxylation is 1. The van der Waals surface area contributed by atoms with Crippen LogP contribution in [-0.4, -0.2) is 38.5 Å². The molecule has 2 aromatic heterocycles. The summed E-state index contributed by atoms with van der Waals surface area (Å²) >= 11 is 0. The average molecular weight is 443 g/mol. The third kappa shape index (κ3) is 4.58. The minimum absolute atomic E-state index is 0.00350. The molecule has 9 nitrogen and oxygen atoms in total. The van der Waals surface area contributed by atoms with E-state index in [1.165, 1.54) is 18.2 Å². The highest BCUT2D eigenvalue weighted by atomic mass is 19.4. The first-order chi connectivity index (χ1) is 15.2. The topological polar surface area (TPSA) is 116 Å². The van der Waals surface area contributed by atoms with Gasteiger partial charge in [0.25, 0.3) is 5.89 Å². The van der Waals surface area contributed by atoms with E-state index in [-0.39, 0.29) is 35.0 Å². The minimum Gasteiger partial charge on any atom is -0.405 e. The zero-order chi connectivity index (χ0) is 22.9. The van der Waals surface area contributed by atoms with E-state index in [1.807, 2.05) is 31.2 Å². The van der Waals surface area contributed by atoms with Gasteiger partial charge in [-0.05, 0) is 36.8 Å². The largest absolute Gasteiger partial charge is 0.573 e. The number of hydrogen-bond acceptors (Lipinski definition) is 9. The van der Waals surface area contributed by atoms with Crippen molar-refractivity contribution in [3.05, 3.63) is 54.1 Å². The molecule has 0 radical (unpaired) electrons. The van der Waals surface area contributed by atoms with E-state index in [1.54, 1.807) is 11.9 Å². The van der Waals surface area contributed by atoms with Gasteiger partial charge in [0.05, 0.1) is 5.56 Å². The molecular weight excluding hydrogens is 427 g/mol. The molecule has 0 aliphatic rings. The first-order valence-electron chi connectivity index (χ1n) is 9.21. The van der Waals surface area contributed by atoms with Crippen molar-refractivity contribution in [2.45, 2.75) is 13.3 Å². The molecule has 2 heterocycles. The Kier molecular flexibility index (Phi) is 5.34. The van der Waals surface area contributed by atoms with E-state index in [2.05, 4.69) is 29.8 Å². The fourth-order valence-corrected chi connectivity index (χ4v) is 2.86. The zero-order valence-corrected chi connectivity index (χ0v) is 16.8. The molecule has 0 spiro atoms. The van der Waals surface area contributed by atoms with Gasteiger partial charge in [0, 0.05) is 12.7 Å². The van der Waals surface area contributed by atoms with Crippen molar-refractivity contribution in [1.29, 1.82) is 0 Å². The number of nitrogens with two attached hydrogens (primary N) is 1. The highest BCUT2D eigenvalue weighted by Crippen LogP contribution is 2.33. The van der Waals surface area contributed by atoms with E-state index in [0.29, 0.717) is 0 Å². The maximum Gasteiger partial charge on any atom is 0.573 e. The first-order valence-corrected chi connectivity index (χ1v) is 9.21. The van der Waals surface area contributed by atoms with Crippen LogP contribution in [0.25, 0.3) is 23.1 Å². The molecular formula is C20H16F3N7O2. The average Bonchev–Trinajstić information content (AvgIpc) is 3.22. The molecule has 164 valence electrons. The Morgan fingerprint density at radius 1 is 0.969 bits per heavy atom. The number of aromatic nitrogens is 5. The van der Waals surface area contributed by atoms with Crippen LogP contribution in [0.1, 0.15) is 5.56 Å². The molecule has 0 saturated heterocycles.